The Labute approximate surface area is 222 Å². The molecule has 4 rings (SSSR count). The van der Waals surface area contributed by atoms with Crippen molar-refractivity contribution in [2.24, 2.45) is 0 Å². The molecule has 3 heterocycles. The number of benzene rings is 1. The Morgan fingerprint density at radius 2 is 1.79 bits per heavy atom. The van der Waals surface area contributed by atoms with Gasteiger partial charge in [-0.25, -0.2) is 8.42 Å². The molecule has 1 aromatic rings. The van der Waals surface area contributed by atoms with Crippen LogP contribution in [0.3, 0.4) is 0 Å². The first-order valence-electron chi connectivity index (χ1n) is 13.0. The zero-order valence-corrected chi connectivity index (χ0v) is 22.9. The molecule has 1 atom stereocenters. The van der Waals surface area contributed by atoms with Gasteiger partial charge in [-0.15, -0.1) is 0 Å². The minimum atomic E-state index is -4.33. The Morgan fingerprint density at radius 3 is 2.42 bits per heavy atom. The van der Waals surface area contributed by atoms with Gasteiger partial charge in [0, 0.05) is 45.3 Å². The van der Waals surface area contributed by atoms with Gasteiger partial charge in [0.25, 0.3) is 5.91 Å². The molecule has 1 saturated heterocycles. The minimum absolute atomic E-state index is 0.00216. The predicted molar refractivity (Wildman–Crippen MR) is 136 cm³/mol. The number of nitrogens with zero attached hydrogens (tertiary/aromatic N) is 4. The molecule has 1 fully saturated rings. The lowest BCUT2D eigenvalue weighted by molar-refractivity contribution is -0.148. The molecule has 1 aromatic carbocycles. The number of carbonyl (C=O) groups excluding carboxylic acids is 1. The number of sulfonamides is 1. The quantitative estimate of drug-likeness (QED) is 0.498. The molecule has 38 heavy (non-hydrogen) atoms. The van der Waals surface area contributed by atoms with Crippen molar-refractivity contribution in [3.05, 3.63) is 35.0 Å². The van der Waals surface area contributed by atoms with Gasteiger partial charge < -0.3 is 15.0 Å². The summed E-state index contributed by atoms with van der Waals surface area (Å²) in [6, 6.07) is 4.07. The van der Waals surface area contributed by atoms with Crippen LogP contribution < -0.4 is 10.1 Å². The predicted octanol–water partition coefficient (Wildman–Crippen LogP) is 2.38. The lowest BCUT2D eigenvalue weighted by Crippen LogP contribution is -2.50. The molecule has 0 bridgehead atoms. The number of ether oxygens (including phenoxy) is 1. The van der Waals surface area contributed by atoms with Crippen LogP contribution in [0.15, 0.2) is 34.4 Å². The van der Waals surface area contributed by atoms with Crippen molar-refractivity contribution in [2.45, 2.75) is 43.8 Å². The molecule has 3 aliphatic rings. The highest BCUT2D eigenvalue weighted by atomic mass is 32.2. The highest BCUT2D eigenvalue weighted by molar-refractivity contribution is 7.89. The number of nitrogens with one attached hydrogen (secondary N) is 1. The summed E-state index contributed by atoms with van der Waals surface area (Å²) in [5.41, 5.74) is 2.02. The van der Waals surface area contributed by atoms with Crippen molar-refractivity contribution < 1.29 is 31.1 Å². The summed E-state index contributed by atoms with van der Waals surface area (Å²) < 4.78 is 72.6. The maximum absolute atomic E-state index is 13.5. The average Bonchev–Trinajstić information content (AvgIpc) is 3.18. The fraction of sp³-hybridized carbons (Fsp3) is 0.640. The molecule has 1 N–H and O–H groups in total. The topological polar surface area (TPSA) is 85.4 Å². The van der Waals surface area contributed by atoms with E-state index in [2.05, 4.69) is 17.1 Å². The third kappa shape index (κ3) is 6.11. The monoisotopic (exact) mass is 559 g/mol. The first-order chi connectivity index (χ1) is 17.9. The Morgan fingerprint density at radius 1 is 1.08 bits per heavy atom. The molecule has 1 unspecified atom stereocenters. The van der Waals surface area contributed by atoms with Crippen LogP contribution in [0.1, 0.15) is 38.3 Å². The zero-order valence-electron chi connectivity index (χ0n) is 22.1. The number of amides is 1. The first kappa shape index (κ1) is 28.7. The maximum Gasteiger partial charge on any atom is 0.401 e. The van der Waals surface area contributed by atoms with Crippen molar-refractivity contribution in [2.75, 3.05) is 66.1 Å². The van der Waals surface area contributed by atoms with Crippen molar-refractivity contribution in [1.82, 2.24) is 24.3 Å². The van der Waals surface area contributed by atoms with E-state index in [1.165, 1.54) is 15.3 Å². The normalized spacial score (nSPS) is 22.1. The van der Waals surface area contributed by atoms with Crippen molar-refractivity contribution in [3.63, 3.8) is 0 Å². The maximum atomic E-state index is 13.5. The van der Waals surface area contributed by atoms with Crippen LogP contribution in [0, 0.1) is 0 Å². The Balaban J connectivity index is 1.64. The van der Waals surface area contributed by atoms with Gasteiger partial charge in [-0.1, -0.05) is 13.8 Å². The summed E-state index contributed by atoms with van der Waals surface area (Å²) in [7, 11) is -2.10. The lowest BCUT2D eigenvalue weighted by atomic mass is 9.97. The number of likely N-dealkylation sites (N-methyl/N-ethyl adjacent to an activating group) is 1. The van der Waals surface area contributed by atoms with Gasteiger partial charge in [-0.05, 0) is 43.2 Å². The van der Waals surface area contributed by atoms with Crippen molar-refractivity contribution in [1.29, 1.82) is 0 Å². The van der Waals surface area contributed by atoms with Crippen LogP contribution in [-0.4, -0.2) is 106 Å². The second kappa shape index (κ2) is 11.4. The van der Waals surface area contributed by atoms with Crippen LogP contribution in [0.2, 0.25) is 0 Å². The molecule has 1 amide bonds. The van der Waals surface area contributed by atoms with Crippen LogP contribution in [0.25, 0.3) is 0 Å². The number of alkyl halides is 3. The molecule has 212 valence electrons. The van der Waals surface area contributed by atoms with Gasteiger partial charge in [0.15, 0.2) is 0 Å². The SMILES string of the molecule is CCCOc1ccc(S(=O)(=O)N2CCN(CC(F)(F)F)CC2)cc1C1NC(=O)C2=C1CN(CCC)CN2C. The molecule has 0 radical (unpaired) electrons. The van der Waals surface area contributed by atoms with E-state index in [0.29, 0.717) is 36.8 Å². The van der Waals surface area contributed by atoms with Crippen LogP contribution in [-0.2, 0) is 14.8 Å². The van der Waals surface area contributed by atoms with Gasteiger partial charge in [-0.3, -0.25) is 14.6 Å². The number of halogens is 3. The van der Waals surface area contributed by atoms with E-state index < -0.39 is 28.8 Å². The summed E-state index contributed by atoms with van der Waals surface area (Å²) >= 11 is 0. The molecule has 0 aromatic heterocycles. The van der Waals surface area contributed by atoms with Crippen LogP contribution in [0.4, 0.5) is 13.2 Å². The zero-order chi connectivity index (χ0) is 27.7. The van der Waals surface area contributed by atoms with Gasteiger partial charge in [0.1, 0.15) is 11.4 Å². The highest BCUT2D eigenvalue weighted by Gasteiger charge is 2.41. The average molecular weight is 560 g/mol. The number of carbonyl (C=O) groups is 1. The van der Waals surface area contributed by atoms with Crippen molar-refractivity contribution in [3.8, 4) is 5.75 Å². The lowest BCUT2D eigenvalue weighted by Gasteiger charge is -2.35. The van der Waals surface area contributed by atoms with Gasteiger partial charge in [0.2, 0.25) is 10.0 Å². The van der Waals surface area contributed by atoms with E-state index in [1.807, 2.05) is 18.9 Å². The first-order valence-corrected chi connectivity index (χ1v) is 14.4. The molecule has 0 saturated carbocycles. The highest BCUT2D eigenvalue weighted by Crippen LogP contribution is 2.40. The van der Waals surface area contributed by atoms with Gasteiger partial charge in [0.05, 0.1) is 30.8 Å². The second-order valence-corrected chi connectivity index (χ2v) is 12.0. The smallest absolute Gasteiger partial charge is 0.401 e. The molecule has 0 aliphatic carbocycles. The third-order valence-electron chi connectivity index (χ3n) is 7.00. The molecule has 0 spiro atoms. The van der Waals surface area contributed by atoms with E-state index in [4.69, 9.17) is 4.74 Å². The fourth-order valence-electron chi connectivity index (χ4n) is 5.33. The number of hydrogen-bond donors (Lipinski definition) is 1. The summed E-state index contributed by atoms with van der Waals surface area (Å²) in [5, 5.41) is 3.02. The van der Waals surface area contributed by atoms with Gasteiger partial charge >= 0.3 is 6.18 Å². The minimum Gasteiger partial charge on any atom is -0.493 e. The number of piperazine rings is 1. The summed E-state index contributed by atoms with van der Waals surface area (Å²) in [4.78, 5) is 18.4. The number of hydrogen-bond acceptors (Lipinski definition) is 7. The Bertz CT molecular complexity index is 1170. The number of rotatable bonds is 9. The molecule has 9 nitrogen and oxygen atoms in total. The Hall–Kier alpha value is -2.35. The molecule has 13 heteroatoms. The summed E-state index contributed by atoms with van der Waals surface area (Å²) in [6.07, 6.45) is -2.62. The van der Waals surface area contributed by atoms with E-state index >= 15 is 0 Å². The largest absolute Gasteiger partial charge is 0.493 e. The third-order valence-corrected chi connectivity index (χ3v) is 8.89. The van der Waals surface area contributed by atoms with Crippen LogP contribution in [0.5, 0.6) is 5.75 Å². The van der Waals surface area contributed by atoms with Crippen molar-refractivity contribution >= 4 is 15.9 Å². The fourth-order valence-corrected chi connectivity index (χ4v) is 6.79. The van der Waals surface area contributed by atoms with E-state index in [-0.39, 0.29) is 37.0 Å². The van der Waals surface area contributed by atoms with Crippen LogP contribution >= 0.6 is 0 Å². The van der Waals surface area contributed by atoms with Gasteiger partial charge in [-0.2, -0.15) is 17.5 Å². The summed E-state index contributed by atoms with van der Waals surface area (Å²) in [5.74, 6) is 0.286. The Kier molecular flexibility index (Phi) is 8.60. The molecular weight excluding hydrogens is 523 g/mol. The van der Waals surface area contributed by atoms with E-state index in [0.717, 1.165) is 25.0 Å². The standard InChI is InChI=1S/C25H36F3N5O4S/c1-4-8-32-15-20-22(29-24(34)23(20)30(3)17-32)19-14-18(6-7-21(19)37-13-5-2)38(35,36)33-11-9-31(10-12-33)16-25(26,27)28/h6-7,14,22H,4-5,8-13,15-17H2,1-3H3,(H,29,34). The van der Waals surface area contributed by atoms with E-state index in [9.17, 15) is 26.4 Å². The second-order valence-electron chi connectivity index (χ2n) is 10.0. The molecular formula is C25H36F3N5O4S. The molecule has 3 aliphatic heterocycles. The van der Waals surface area contributed by atoms with E-state index in [1.54, 1.807) is 12.1 Å². The summed E-state index contributed by atoms with van der Waals surface area (Å²) in [6.45, 7) is 5.41.